The number of nitro groups is 1. The molecule has 2 rings (SSSR count). The molecule has 0 saturated heterocycles. The Labute approximate surface area is 145 Å². The van der Waals surface area contributed by atoms with Crippen LogP contribution in [-0.2, 0) is 0 Å². The van der Waals surface area contributed by atoms with Crippen molar-refractivity contribution in [2.45, 2.75) is 13.3 Å². The maximum Gasteiger partial charge on any atom is 0.271 e. The van der Waals surface area contributed by atoms with E-state index in [1.54, 1.807) is 7.11 Å². The number of non-ortho nitro benzene ring substituents is 1. The van der Waals surface area contributed by atoms with E-state index in [-0.39, 0.29) is 10.7 Å². The van der Waals surface area contributed by atoms with E-state index < -0.39 is 4.92 Å². The molecule has 0 heterocycles. The molecule has 6 nitrogen and oxygen atoms in total. The minimum atomic E-state index is -0.502. The number of nitro benzene ring substituents is 1. The molecular weight excluding hydrogens is 334 g/mol. The third kappa shape index (κ3) is 4.76. The van der Waals surface area contributed by atoms with E-state index in [4.69, 9.17) is 25.8 Å². The molecule has 2 aromatic rings. The molecule has 0 aliphatic rings. The second-order valence-electron chi connectivity index (χ2n) is 5.08. The van der Waals surface area contributed by atoms with Gasteiger partial charge in [-0.3, -0.25) is 10.1 Å². The smallest absolute Gasteiger partial charge is 0.271 e. The van der Waals surface area contributed by atoms with E-state index in [2.05, 4.69) is 0 Å². The Morgan fingerprint density at radius 2 is 1.71 bits per heavy atom. The molecule has 0 aliphatic heterocycles. The number of halogens is 1. The van der Waals surface area contributed by atoms with Crippen LogP contribution in [-0.4, -0.2) is 25.2 Å². The minimum Gasteiger partial charge on any atom is -0.493 e. The van der Waals surface area contributed by atoms with Gasteiger partial charge in [0.15, 0.2) is 11.5 Å². The summed E-state index contributed by atoms with van der Waals surface area (Å²) in [6.45, 7) is 2.81. The van der Waals surface area contributed by atoms with Crippen molar-refractivity contribution in [1.29, 1.82) is 0 Å². The van der Waals surface area contributed by atoms with E-state index in [9.17, 15) is 10.1 Å². The molecule has 0 bridgehead atoms. The topological polar surface area (TPSA) is 70.8 Å². The summed E-state index contributed by atoms with van der Waals surface area (Å²) in [6.07, 6.45) is 0.629. The average molecular weight is 352 g/mol. The average Bonchev–Trinajstić information content (AvgIpc) is 2.56. The highest BCUT2D eigenvalue weighted by atomic mass is 35.5. The third-order valence-corrected chi connectivity index (χ3v) is 3.54. The summed E-state index contributed by atoms with van der Waals surface area (Å²) < 4.78 is 16.5. The molecule has 0 N–H and O–H groups in total. The van der Waals surface area contributed by atoms with Crippen molar-refractivity contribution in [3.05, 3.63) is 57.1 Å². The monoisotopic (exact) mass is 351 g/mol. The maximum atomic E-state index is 10.7. The molecule has 0 radical (unpaired) electrons. The number of benzene rings is 2. The van der Waals surface area contributed by atoms with Gasteiger partial charge in [-0.05, 0) is 30.7 Å². The highest BCUT2D eigenvalue weighted by Crippen LogP contribution is 2.29. The molecule has 0 aliphatic carbocycles. The van der Waals surface area contributed by atoms with E-state index in [1.165, 1.54) is 18.2 Å². The molecule has 0 atom stereocenters. The van der Waals surface area contributed by atoms with Crippen LogP contribution in [0.5, 0.6) is 17.2 Å². The summed E-state index contributed by atoms with van der Waals surface area (Å²) in [4.78, 5) is 10.1. The normalized spacial score (nSPS) is 10.3. The number of hydrogen-bond donors (Lipinski definition) is 0. The predicted molar refractivity (Wildman–Crippen MR) is 91.4 cm³/mol. The SMILES string of the molecule is COc1cc(C)ccc1OCCCOc1ccc([N+](=O)[O-])cc1Cl. The quantitative estimate of drug-likeness (QED) is 0.400. The standard InChI is InChI=1S/C17H18ClNO5/c1-12-4-6-16(17(10-12)22-2)24-9-3-8-23-15-7-5-13(19(20)21)11-14(15)18/h4-7,10-11H,3,8-9H2,1-2H3. The van der Waals surface area contributed by atoms with Crippen molar-refractivity contribution in [3.63, 3.8) is 0 Å². The Hall–Kier alpha value is -2.47. The van der Waals surface area contributed by atoms with Crippen molar-refractivity contribution >= 4 is 17.3 Å². The van der Waals surface area contributed by atoms with Crippen molar-refractivity contribution in [2.75, 3.05) is 20.3 Å². The molecule has 7 heteroatoms. The van der Waals surface area contributed by atoms with Gasteiger partial charge >= 0.3 is 0 Å². The lowest BCUT2D eigenvalue weighted by molar-refractivity contribution is -0.384. The fourth-order valence-electron chi connectivity index (χ4n) is 2.04. The van der Waals surface area contributed by atoms with Gasteiger partial charge in [0, 0.05) is 18.6 Å². The summed E-state index contributed by atoms with van der Waals surface area (Å²) in [7, 11) is 1.60. The Kier molecular flexibility index (Phi) is 6.26. The van der Waals surface area contributed by atoms with E-state index in [1.807, 2.05) is 25.1 Å². The van der Waals surface area contributed by atoms with E-state index in [0.717, 1.165) is 5.56 Å². The van der Waals surface area contributed by atoms with Crippen molar-refractivity contribution in [1.82, 2.24) is 0 Å². The van der Waals surface area contributed by atoms with Gasteiger partial charge in [-0.1, -0.05) is 17.7 Å². The van der Waals surface area contributed by atoms with Crippen LogP contribution in [0.4, 0.5) is 5.69 Å². The summed E-state index contributed by atoms with van der Waals surface area (Å²) in [5.74, 6) is 1.78. The highest BCUT2D eigenvalue weighted by molar-refractivity contribution is 6.32. The maximum absolute atomic E-state index is 10.7. The van der Waals surface area contributed by atoms with Gasteiger partial charge in [0.2, 0.25) is 0 Å². The third-order valence-electron chi connectivity index (χ3n) is 3.25. The van der Waals surface area contributed by atoms with Crippen molar-refractivity contribution in [2.24, 2.45) is 0 Å². The number of methoxy groups -OCH3 is 1. The molecule has 128 valence electrons. The fraction of sp³-hybridized carbons (Fsp3) is 0.294. The molecule has 0 fully saturated rings. The molecule has 0 aromatic heterocycles. The first-order chi connectivity index (χ1) is 11.5. The molecule has 0 amide bonds. The largest absolute Gasteiger partial charge is 0.493 e. The summed E-state index contributed by atoms with van der Waals surface area (Å²) in [5.41, 5.74) is 1.03. The first kappa shape index (κ1) is 17.9. The van der Waals surface area contributed by atoms with Gasteiger partial charge in [-0.25, -0.2) is 0 Å². The van der Waals surface area contributed by atoms with Gasteiger partial charge in [0.25, 0.3) is 5.69 Å². The van der Waals surface area contributed by atoms with Gasteiger partial charge < -0.3 is 14.2 Å². The van der Waals surface area contributed by atoms with E-state index in [0.29, 0.717) is 36.9 Å². The van der Waals surface area contributed by atoms with Crippen LogP contribution in [0.2, 0.25) is 5.02 Å². The number of rotatable bonds is 8. The first-order valence-corrected chi connectivity index (χ1v) is 7.73. The predicted octanol–water partition coefficient (Wildman–Crippen LogP) is 4.41. The Bertz CT molecular complexity index is 720. The minimum absolute atomic E-state index is 0.0675. The second kappa shape index (κ2) is 8.40. The second-order valence-corrected chi connectivity index (χ2v) is 5.48. The summed E-state index contributed by atoms with van der Waals surface area (Å²) >= 11 is 5.96. The van der Waals surface area contributed by atoms with Gasteiger partial charge in [0.05, 0.1) is 30.3 Å². The van der Waals surface area contributed by atoms with Crippen LogP contribution in [0.25, 0.3) is 0 Å². The fourth-order valence-corrected chi connectivity index (χ4v) is 2.27. The first-order valence-electron chi connectivity index (χ1n) is 7.35. The number of hydrogen-bond acceptors (Lipinski definition) is 5. The zero-order valence-electron chi connectivity index (χ0n) is 13.5. The molecule has 0 unspecified atom stereocenters. The van der Waals surface area contributed by atoms with Crippen LogP contribution in [0.3, 0.4) is 0 Å². The van der Waals surface area contributed by atoms with Crippen LogP contribution >= 0.6 is 11.6 Å². The molecule has 0 saturated carbocycles. The van der Waals surface area contributed by atoms with Gasteiger partial charge in [0.1, 0.15) is 5.75 Å². The summed E-state index contributed by atoms with van der Waals surface area (Å²) in [5, 5.41) is 10.9. The number of nitrogens with zero attached hydrogens (tertiary/aromatic N) is 1. The lowest BCUT2D eigenvalue weighted by Gasteiger charge is -2.12. The zero-order valence-corrected chi connectivity index (χ0v) is 14.2. The molecule has 24 heavy (non-hydrogen) atoms. The van der Waals surface area contributed by atoms with Gasteiger partial charge in [-0.15, -0.1) is 0 Å². The van der Waals surface area contributed by atoms with Crippen LogP contribution < -0.4 is 14.2 Å². The van der Waals surface area contributed by atoms with Crippen LogP contribution in [0.1, 0.15) is 12.0 Å². The number of ether oxygens (including phenoxy) is 3. The Morgan fingerprint density at radius 1 is 1.04 bits per heavy atom. The van der Waals surface area contributed by atoms with Crippen molar-refractivity contribution in [3.8, 4) is 17.2 Å². The van der Waals surface area contributed by atoms with Gasteiger partial charge in [-0.2, -0.15) is 0 Å². The lowest BCUT2D eigenvalue weighted by atomic mass is 10.2. The zero-order chi connectivity index (χ0) is 17.5. The van der Waals surface area contributed by atoms with Crippen molar-refractivity contribution < 1.29 is 19.1 Å². The Morgan fingerprint density at radius 3 is 2.33 bits per heavy atom. The lowest BCUT2D eigenvalue weighted by Crippen LogP contribution is -2.06. The highest BCUT2D eigenvalue weighted by Gasteiger charge is 2.10. The molecule has 0 spiro atoms. The molecule has 2 aromatic carbocycles. The van der Waals surface area contributed by atoms with E-state index >= 15 is 0 Å². The van der Waals surface area contributed by atoms with Crippen LogP contribution in [0, 0.1) is 17.0 Å². The summed E-state index contributed by atoms with van der Waals surface area (Å²) in [6, 6.07) is 9.83. The van der Waals surface area contributed by atoms with Crippen LogP contribution in [0.15, 0.2) is 36.4 Å². The number of aryl methyl sites for hydroxylation is 1. The Balaban J connectivity index is 1.80. The molecular formula is C17H18ClNO5.